The van der Waals surface area contributed by atoms with Gasteiger partial charge in [-0.25, -0.2) is 0 Å². The normalized spacial score (nSPS) is 30.0. The SMILES string of the molecule is NCC1(CN2CCOC(CO)C2)CCCCCC1. The van der Waals surface area contributed by atoms with Gasteiger partial charge in [0.15, 0.2) is 0 Å². The molecule has 0 aromatic heterocycles. The van der Waals surface area contributed by atoms with Crippen LogP contribution in [-0.2, 0) is 4.74 Å². The van der Waals surface area contributed by atoms with E-state index in [0.717, 1.165) is 32.8 Å². The third-order valence-corrected chi connectivity index (χ3v) is 4.58. The van der Waals surface area contributed by atoms with Crippen molar-refractivity contribution in [2.45, 2.75) is 44.6 Å². The van der Waals surface area contributed by atoms with Gasteiger partial charge in [0, 0.05) is 19.6 Å². The second-order valence-corrected chi connectivity index (χ2v) is 6.03. The molecule has 4 heteroatoms. The van der Waals surface area contributed by atoms with Crippen LogP contribution in [0.2, 0.25) is 0 Å². The summed E-state index contributed by atoms with van der Waals surface area (Å²) < 4.78 is 5.51. The average molecular weight is 256 g/mol. The minimum atomic E-state index is -0.000599. The van der Waals surface area contributed by atoms with Gasteiger partial charge in [0.05, 0.1) is 19.3 Å². The van der Waals surface area contributed by atoms with E-state index in [0.29, 0.717) is 5.41 Å². The van der Waals surface area contributed by atoms with Crippen molar-refractivity contribution in [2.75, 3.05) is 39.4 Å². The van der Waals surface area contributed by atoms with Gasteiger partial charge in [-0.2, -0.15) is 0 Å². The van der Waals surface area contributed by atoms with E-state index >= 15 is 0 Å². The maximum Gasteiger partial charge on any atom is 0.0932 e. The van der Waals surface area contributed by atoms with Crippen LogP contribution in [0, 0.1) is 5.41 Å². The van der Waals surface area contributed by atoms with Crippen LogP contribution in [0.15, 0.2) is 0 Å². The summed E-state index contributed by atoms with van der Waals surface area (Å²) >= 11 is 0. The van der Waals surface area contributed by atoms with Crippen molar-refractivity contribution in [1.29, 1.82) is 0 Å². The van der Waals surface area contributed by atoms with Crippen LogP contribution in [-0.4, -0.2) is 55.5 Å². The summed E-state index contributed by atoms with van der Waals surface area (Å²) in [5.74, 6) is 0. The topological polar surface area (TPSA) is 58.7 Å². The molecule has 0 radical (unpaired) electrons. The molecule has 18 heavy (non-hydrogen) atoms. The highest BCUT2D eigenvalue weighted by Crippen LogP contribution is 2.35. The van der Waals surface area contributed by atoms with Gasteiger partial charge < -0.3 is 15.6 Å². The molecule has 1 aliphatic carbocycles. The summed E-state index contributed by atoms with van der Waals surface area (Å²) in [6.07, 6.45) is 7.92. The molecule has 1 saturated heterocycles. The maximum atomic E-state index is 9.20. The fraction of sp³-hybridized carbons (Fsp3) is 1.00. The zero-order chi connectivity index (χ0) is 12.8. The largest absolute Gasteiger partial charge is 0.394 e. The fourth-order valence-electron chi connectivity index (χ4n) is 3.41. The van der Waals surface area contributed by atoms with E-state index in [1.165, 1.54) is 38.5 Å². The van der Waals surface area contributed by atoms with Crippen molar-refractivity contribution in [1.82, 2.24) is 4.90 Å². The molecule has 0 aromatic rings. The Hall–Kier alpha value is -0.160. The lowest BCUT2D eigenvalue weighted by molar-refractivity contribution is -0.0632. The second kappa shape index (κ2) is 6.85. The Morgan fingerprint density at radius 2 is 1.94 bits per heavy atom. The van der Waals surface area contributed by atoms with E-state index in [9.17, 15) is 5.11 Å². The molecule has 0 aromatic carbocycles. The summed E-state index contributed by atoms with van der Waals surface area (Å²) in [4.78, 5) is 2.45. The fourth-order valence-corrected chi connectivity index (χ4v) is 3.41. The number of ether oxygens (including phenoxy) is 1. The first-order chi connectivity index (χ1) is 8.78. The van der Waals surface area contributed by atoms with E-state index in [2.05, 4.69) is 4.90 Å². The lowest BCUT2D eigenvalue weighted by atomic mass is 9.79. The molecule has 0 amide bonds. The van der Waals surface area contributed by atoms with Crippen molar-refractivity contribution in [3.8, 4) is 0 Å². The van der Waals surface area contributed by atoms with Crippen molar-refractivity contribution in [3.05, 3.63) is 0 Å². The highest BCUT2D eigenvalue weighted by atomic mass is 16.5. The minimum Gasteiger partial charge on any atom is -0.394 e. The van der Waals surface area contributed by atoms with Gasteiger partial charge >= 0.3 is 0 Å². The standard InChI is InChI=1S/C14H28N2O2/c15-11-14(5-3-1-2-4-6-14)12-16-7-8-18-13(9-16)10-17/h13,17H,1-12,15H2. The molecule has 3 N–H and O–H groups in total. The van der Waals surface area contributed by atoms with Crippen LogP contribution in [0.3, 0.4) is 0 Å². The maximum absolute atomic E-state index is 9.20. The zero-order valence-electron chi connectivity index (χ0n) is 11.4. The van der Waals surface area contributed by atoms with Crippen LogP contribution in [0.25, 0.3) is 0 Å². The number of aliphatic hydroxyl groups excluding tert-OH is 1. The summed E-state index contributed by atoms with van der Waals surface area (Å²) in [6, 6.07) is 0. The third kappa shape index (κ3) is 3.67. The number of nitrogens with zero attached hydrogens (tertiary/aromatic N) is 1. The van der Waals surface area contributed by atoms with Crippen LogP contribution in [0.1, 0.15) is 38.5 Å². The first-order valence-corrected chi connectivity index (χ1v) is 7.43. The summed E-state index contributed by atoms with van der Waals surface area (Å²) in [5, 5.41) is 9.20. The number of hydrogen-bond donors (Lipinski definition) is 2. The lowest BCUT2D eigenvalue weighted by Crippen LogP contribution is -2.50. The van der Waals surface area contributed by atoms with Gasteiger partial charge in [-0.3, -0.25) is 4.90 Å². The molecule has 4 nitrogen and oxygen atoms in total. The van der Waals surface area contributed by atoms with Crippen LogP contribution in [0.5, 0.6) is 0 Å². The summed E-state index contributed by atoms with van der Waals surface area (Å²) in [7, 11) is 0. The smallest absolute Gasteiger partial charge is 0.0932 e. The summed E-state index contributed by atoms with van der Waals surface area (Å²) in [5.41, 5.74) is 6.40. The van der Waals surface area contributed by atoms with Crippen molar-refractivity contribution in [2.24, 2.45) is 11.1 Å². The van der Waals surface area contributed by atoms with Crippen molar-refractivity contribution in [3.63, 3.8) is 0 Å². The molecule has 0 spiro atoms. The van der Waals surface area contributed by atoms with Crippen LogP contribution < -0.4 is 5.73 Å². The predicted octanol–water partition coefficient (Wildman–Crippen LogP) is 0.979. The van der Waals surface area contributed by atoms with Crippen LogP contribution in [0.4, 0.5) is 0 Å². The molecular formula is C14H28N2O2. The van der Waals surface area contributed by atoms with Crippen molar-refractivity contribution >= 4 is 0 Å². The predicted molar refractivity (Wildman–Crippen MR) is 72.5 cm³/mol. The number of morpholine rings is 1. The zero-order valence-corrected chi connectivity index (χ0v) is 11.4. The highest BCUT2D eigenvalue weighted by molar-refractivity contribution is 4.87. The van der Waals surface area contributed by atoms with Gasteiger partial charge in [0.25, 0.3) is 0 Å². The van der Waals surface area contributed by atoms with Gasteiger partial charge in [-0.05, 0) is 24.8 Å². The van der Waals surface area contributed by atoms with E-state index in [-0.39, 0.29) is 12.7 Å². The first-order valence-electron chi connectivity index (χ1n) is 7.43. The Morgan fingerprint density at radius 1 is 1.22 bits per heavy atom. The third-order valence-electron chi connectivity index (χ3n) is 4.58. The molecular weight excluding hydrogens is 228 g/mol. The number of nitrogens with two attached hydrogens (primary N) is 1. The molecule has 1 saturated carbocycles. The van der Waals surface area contributed by atoms with E-state index in [1.807, 2.05) is 0 Å². The molecule has 1 atom stereocenters. The van der Waals surface area contributed by atoms with Gasteiger partial charge in [0.1, 0.15) is 0 Å². The number of aliphatic hydroxyl groups is 1. The van der Waals surface area contributed by atoms with Gasteiger partial charge in [0.2, 0.25) is 0 Å². The molecule has 1 unspecified atom stereocenters. The van der Waals surface area contributed by atoms with Gasteiger partial charge in [-0.15, -0.1) is 0 Å². The lowest BCUT2D eigenvalue weighted by Gasteiger charge is -2.40. The molecule has 1 heterocycles. The molecule has 2 fully saturated rings. The van der Waals surface area contributed by atoms with Crippen LogP contribution >= 0.6 is 0 Å². The Labute approximate surface area is 110 Å². The van der Waals surface area contributed by atoms with E-state index in [1.54, 1.807) is 0 Å². The molecule has 106 valence electrons. The second-order valence-electron chi connectivity index (χ2n) is 6.03. The molecule has 0 bridgehead atoms. The summed E-state index contributed by atoms with van der Waals surface area (Å²) in [6.45, 7) is 4.60. The minimum absolute atomic E-state index is 0.000599. The number of rotatable bonds is 4. The quantitative estimate of drug-likeness (QED) is 0.736. The van der Waals surface area contributed by atoms with E-state index in [4.69, 9.17) is 10.5 Å². The van der Waals surface area contributed by atoms with Gasteiger partial charge in [-0.1, -0.05) is 25.7 Å². The Balaban J connectivity index is 1.91. The molecule has 2 aliphatic rings. The Kier molecular flexibility index (Phi) is 5.42. The highest BCUT2D eigenvalue weighted by Gasteiger charge is 2.33. The van der Waals surface area contributed by atoms with E-state index < -0.39 is 0 Å². The monoisotopic (exact) mass is 256 g/mol. The van der Waals surface area contributed by atoms with Crippen molar-refractivity contribution < 1.29 is 9.84 Å². The molecule has 2 rings (SSSR count). The molecule has 1 aliphatic heterocycles. The Bertz CT molecular complexity index is 240. The number of hydrogen-bond acceptors (Lipinski definition) is 4. The first kappa shape index (κ1) is 14.3. The average Bonchev–Trinajstić information content (AvgIpc) is 2.65. The Morgan fingerprint density at radius 3 is 2.56 bits per heavy atom.